The number of halogens is 3. The number of hydrogen-bond acceptors (Lipinski definition) is 3. The molecule has 0 spiro atoms. The number of methoxy groups -OCH3 is 1. The summed E-state index contributed by atoms with van der Waals surface area (Å²) in [5, 5.41) is 1.77. The van der Waals surface area contributed by atoms with Gasteiger partial charge in [0, 0.05) is 6.54 Å². The lowest BCUT2D eigenvalue weighted by Gasteiger charge is -2.31. The summed E-state index contributed by atoms with van der Waals surface area (Å²) in [6.45, 7) is 3.19. The summed E-state index contributed by atoms with van der Waals surface area (Å²) in [6.07, 6.45) is -5.01. The number of esters is 1. The summed E-state index contributed by atoms with van der Waals surface area (Å²) in [4.78, 5) is 24.8. The zero-order valence-electron chi connectivity index (χ0n) is 15.4. The number of ether oxygens (including phenoxy) is 1. The van der Waals surface area contributed by atoms with Gasteiger partial charge in [0.25, 0.3) is 0 Å². The third-order valence-electron chi connectivity index (χ3n) is 4.21. The topological polar surface area (TPSA) is 46.6 Å². The van der Waals surface area contributed by atoms with Gasteiger partial charge in [-0.3, -0.25) is 4.79 Å². The van der Waals surface area contributed by atoms with E-state index in [-0.39, 0.29) is 18.9 Å². The average Bonchev–Trinajstić information content (AvgIpc) is 2.62. The lowest BCUT2D eigenvalue weighted by Crippen LogP contribution is -2.50. The molecule has 2 aromatic carbocycles. The van der Waals surface area contributed by atoms with E-state index < -0.39 is 24.1 Å². The van der Waals surface area contributed by atoms with Crippen LogP contribution in [0.3, 0.4) is 0 Å². The van der Waals surface area contributed by atoms with E-state index in [1.165, 1.54) is 0 Å². The molecule has 0 heterocycles. The van der Waals surface area contributed by atoms with Crippen LogP contribution in [0.2, 0.25) is 0 Å². The number of benzene rings is 2. The molecule has 146 valence electrons. The number of carbonyl (C=O) groups is 2. The first kappa shape index (κ1) is 20.7. The Labute approximate surface area is 155 Å². The second kappa shape index (κ2) is 8.41. The lowest BCUT2D eigenvalue weighted by atomic mass is 10.0. The van der Waals surface area contributed by atoms with Gasteiger partial charge < -0.3 is 9.64 Å². The average molecular weight is 381 g/mol. The zero-order chi connectivity index (χ0) is 20.2. The van der Waals surface area contributed by atoms with Crippen LogP contribution in [0.1, 0.15) is 25.8 Å². The van der Waals surface area contributed by atoms with Crippen molar-refractivity contribution < 1.29 is 27.5 Å². The van der Waals surface area contributed by atoms with E-state index in [0.29, 0.717) is 10.5 Å². The molecule has 0 fully saturated rings. The van der Waals surface area contributed by atoms with Crippen LogP contribution in [0.4, 0.5) is 13.2 Å². The predicted octanol–water partition coefficient (Wildman–Crippen LogP) is 4.32. The van der Waals surface area contributed by atoms with Crippen LogP contribution in [-0.2, 0) is 20.9 Å². The second-order valence-corrected chi connectivity index (χ2v) is 6.78. The van der Waals surface area contributed by atoms with E-state index in [4.69, 9.17) is 0 Å². The fourth-order valence-corrected chi connectivity index (χ4v) is 2.95. The Balaban J connectivity index is 2.43. The summed E-state index contributed by atoms with van der Waals surface area (Å²) in [5.74, 6) is -3.01. The maximum atomic E-state index is 13.2. The molecule has 2 rings (SSSR count). The van der Waals surface area contributed by atoms with Crippen LogP contribution in [0, 0.1) is 5.92 Å². The van der Waals surface area contributed by atoms with Gasteiger partial charge in [-0.15, -0.1) is 0 Å². The van der Waals surface area contributed by atoms with Gasteiger partial charge in [0.1, 0.15) is 6.04 Å². The van der Waals surface area contributed by atoms with Gasteiger partial charge in [-0.25, -0.2) is 4.79 Å². The van der Waals surface area contributed by atoms with Gasteiger partial charge in [-0.05, 0) is 34.7 Å². The SMILES string of the molecule is COC(=O)C(CC(C)C)N(Cc1ccc2ccccc2c1)C(=O)C(F)(F)F. The normalized spacial score (nSPS) is 12.9. The van der Waals surface area contributed by atoms with Crippen molar-refractivity contribution in [2.24, 2.45) is 5.92 Å². The third kappa shape index (κ3) is 5.21. The van der Waals surface area contributed by atoms with Crippen molar-refractivity contribution in [2.75, 3.05) is 7.11 Å². The van der Waals surface area contributed by atoms with Gasteiger partial charge in [-0.2, -0.15) is 13.2 Å². The maximum absolute atomic E-state index is 13.2. The standard InChI is InChI=1S/C20H22F3NO3/c1-13(2)10-17(18(25)27-3)24(19(26)20(21,22)23)12-14-8-9-15-6-4-5-7-16(15)11-14/h4-9,11,13,17H,10,12H2,1-3H3. The van der Waals surface area contributed by atoms with Crippen molar-refractivity contribution in [1.29, 1.82) is 0 Å². The predicted molar refractivity (Wildman–Crippen MR) is 95.8 cm³/mol. The minimum atomic E-state index is -5.08. The Morgan fingerprint density at radius 2 is 1.70 bits per heavy atom. The molecule has 2 aromatic rings. The van der Waals surface area contributed by atoms with Gasteiger partial charge in [0.05, 0.1) is 7.11 Å². The highest BCUT2D eigenvalue weighted by molar-refractivity contribution is 5.88. The molecule has 7 heteroatoms. The molecule has 0 aliphatic rings. The molecule has 4 nitrogen and oxygen atoms in total. The van der Waals surface area contributed by atoms with Crippen molar-refractivity contribution in [3.63, 3.8) is 0 Å². The highest BCUT2D eigenvalue weighted by atomic mass is 19.4. The molecule has 0 saturated heterocycles. The molecule has 0 aliphatic carbocycles. The van der Waals surface area contributed by atoms with Gasteiger partial charge in [0.15, 0.2) is 0 Å². The van der Waals surface area contributed by atoms with E-state index in [2.05, 4.69) is 4.74 Å². The quantitative estimate of drug-likeness (QED) is 0.700. The number of alkyl halides is 3. The van der Waals surface area contributed by atoms with Crippen LogP contribution in [0.5, 0.6) is 0 Å². The third-order valence-corrected chi connectivity index (χ3v) is 4.21. The monoisotopic (exact) mass is 381 g/mol. The highest BCUT2D eigenvalue weighted by Gasteiger charge is 2.46. The first-order valence-electron chi connectivity index (χ1n) is 8.56. The highest BCUT2D eigenvalue weighted by Crippen LogP contribution is 2.26. The zero-order valence-corrected chi connectivity index (χ0v) is 15.4. The van der Waals surface area contributed by atoms with Crippen LogP contribution in [0.25, 0.3) is 10.8 Å². The largest absolute Gasteiger partial charge is 0.471 e. The van der Waals surface area contributed by atoms with Crippen molar-refractivity contribution in [3.05, 3.63) is 48.0 Å². The summed E-state index contributed by atoms with van der Waals surface area (Å²) in [5.41, 5.74) is 0.504. The van der Waals surface area contributed by atoms with E-state index in [0.717, 1.165) is 17.9 Å². The Bertz CT molecular complexity index is 817. The molecule has 0 N–H and O–H groups in total. The summed E-state index contributed by atoms with van der Waals surface area (Å²) >= 11 is 0. The van der Waals surface area contributed by atoms with Gasteiger partial charge in [0.2, 0.25) is 0 Å². The number of hydrogen-bond donors (Lipinski definition) is 0. The smallest absolute Gasteiger partial charge is 0.467 e. The van der Waals surface area contributed by atoms with Crippen LogP contribution < -0.4 is 0 Å². The number of fused-ring (bicyclic) bond motifs is 1. The molecular formula is C20H22F3NO3. The molecule has 0 bridgehead atoms. The van der Waals surface area contributed by atoms with E-state index in [1.54, 1.807) is 32.0 Å². The Hall–Kier alpha value is -2.57. The second-order valence-electron chi connectivity index (χ2n) is 6.78. The Morgan fingerprint density at radius 3 is 2.26 bits per heavy atom. The van der Waals surface area contributed by atoms with Gasteiger partial charge >= 0.3 is 18.1 Å². The Kier molecular flexibility index (Phi) is 6.46. The summed E-state index contributed by atoms with van der Waals surface area (Å²) in [6, 6.07) is 11.2. The van der Waals surface area contributed by atoms with Crippen LogP contribution >= 0.6 is 0 Å². The maximum Gasteiger partial charge on any atom is 0.471 e. The first-order chi connectivity index (χ1) is 12.6. The van der Waals surface area contributed by atoms with E-state index in [9.17, 15) is 22.8 Å². The molecule has 1 unspecified atom stereocenters. The number of amides is 1. The molecule has 1 amide bonds. The molecule has 0 aromatic heterocycles. The van der Waals surface area contributed by atoms with Crippen molar-refractivity contribution in [2.45, 2.75) is 39.0 Å². The lowest BCUT2D eigenvalue weighted by molar-refractivity contribution is -0.191. The molecule has 0 radical (unpaired) electrons. The van der Waals surface area contributed by atoms with Crippen LogP contribution in [0.15, 0.2) is 42.5 Å². The van der Waals surface area contributed by atoms with Gasteiger partial charge in [-0.1, -0.05) is 50.2 Å². The first-order valence-corrected chi connectivity index (χ1v) is 8.56. The summed E-state index contributed by atoms with van der Waals surface area (Å²) < 4.78 is 44.2. The summed E-state index contributed by atoms with van der Waals surface area (Å²) in [7, 11) is 1.10. The molecule has 0 aliphatic heterocycles. The number of carbonyl (C=O) groups excluding carboxylic acids is 2. The molecular weight excluding hydrogens is 359 g/mol. The van der Waals surface area contributed by atoms with Crippen molar-refractivity contribution >= 4 is 22.6 Å². The Morgan fingerprint density at radius 1 is 1.07 bits per heavy atom. The fraction of sp³-hybridized carbons (Fsp3) is 0.400. The molecule has 27 heavy (non-hydrogen) atoms. The van der Waals surface area contributed by atoms with Crippen molar-refractivity contribution in [3.8, 4) is 0 Å². The number of nitrogens with zero attached hydrogens (tertiary/aromatic N) is 1. The minimum Gasteiger partial charge on any atom is -0.467 e. The number of rotatable bonds is 6. The minimum absolute atomic E-state index is 0.0715. The van der Waals surface area contributed by atoms with Crippen LogP contribution in [-0.4, -0.2) is 36.1 Å². The van der Waals surface area contributed by atoms with Crippen molar-refractivity contribution in [1.82, 2.24) is 4.90 Å². The van der Waals surface area contributed by atoms with E-state index in [1.807, 2.05) is 24.3 Å². The van der Waals surface area contributed by atoms with E-state index >= 15 is 0 Å². The molecule has 0 saturated carbocycles. The molecule has 1 atom stereocenters. The fourth-order valence-electron chi connectivity index (χ4n) is 2.95.